The number of methoxy groups -OCH3 is 3. The smallest absolute Gasteiger partial charge is 0.248 e. The van der Waals surface area contributed by atoms with E-state index in [9.17, 15) is 4.79 Å². The number of hydrogen-bond donors (Lipinski definition) is 1. The minimum Gasteiger partial charge on any atom is -0.497 e. The summed E-state index contributed by atoms with van der Waals surface area (Å²) in [5.41, 5.74) is 1.25. The van der Waals surface area contributed by atoms with Gasteiger partial charge in [-0.05, 0) is 42.8 Å². The number of rotatable bonds is 8. The molecule has 0 radical (unpaired) electrons. The first-order valence-electron chi connectivity index (χ1n) is 8.23. The monoisotopic (exact) mass is 391 g/mol. The van der Waals surface area contributed by atoms with Gasteiger partial charge in [-0.1, -0.05) is 11.6 Å². The van der Waals surface area contributed by atoms with E-state index in [2.05, 4.69) is 5.32 Å². The van der Waals surface area contributed by atoms with Crippen LogP contribution in [0.3, 0.4) is 0 Å². The Morgan fingerprint density at radius 3 is 2.48 bits per heavy atom. The summed E-state index contributed by atoms with van der Waals surface area (Å²) in [5.74, 6) is 1.80. The number of amides is 1. The van der Waals surface area contributed by atoms with E-state index < -0.39 is 0 Å². The van der Waals surface area contributed by atoms with Crippen molar-refractivity contribution in [2.24, 2.45) is 0 Å². The molecule has 1 amide bonds. The van der Waals surface area contributed by atoms with Crippen molar-refractivity contribution in [3.05, 3.63) is 47.0 Å². The molecular formula is C20H22ClNO5. The van der Waals surface area contributed by atoms with Crippen LogP contribution in [-0.4, -0.2) is 33.8 Å². The lowest BCUT2D eigenvalue weighted by Gasteiger charge is -2.12. The van der Waals surface area contributed by atoms with Crippen molar-refractivity contribution < 1.29 is 23.7 Å². The van der Waals surface area contributed by atoms with Gasteiger partial charge in [-0.2, -0.15) is 0 Å². The molecule has 0 fully saturated rings. The molecule has 0 aliphatic carbocycles. The fraction of sp³-hybridized carbons (Fsp3) is 0.250. The second kappa shape index (κ2) is 9.73. The van der Waals surface area contributed by atoms with Crippen LogP contribution in [0.25, 0.3) is 6.08 Å². The third-order valence-electron chi connectivity index (χ3n) is 3.63. The van der Waals surface area contributed by atoms with Crippen LogP contribution in [0.2, 0.25) is 5.02 Å². The predicted octanol–water partition coefficient (Wildman–Crippen LogP) is 4.42. The van der Waals surface area contributed by atoms with Crippen molar-refractivity contribution in [3.8, 4) is 23.0 Å². The Kier molecular flexibility index (Phi) is 7.37. The molecule has 2 aromatic carbocycles. The molecule has 1 N–H and O–H groups in total. The van der Waals surface area contributed by atoms with E-state index in [0.29, 0.717) is 45.9 Å². The molecular weight excluding hydrogens is 370 g/mol. The Bertz CT molecular complexity index is 835. The van der Waals surface area contributed by atoms with E-state index in [1.807, 2.05) is 6.92 Å². The van der Waals surface area contributed by atoms with Crippen LogP contribution >= 0.6 is 11.6 Å². The molecule has 0 aliphatic rings. The normalized spacial score (nSPS) is 10.6. The largest absolute Gasteiger partial charge is 0.497 e. The van der Waals surface area contributed by atoms with Gasteiger partial charge in [-0.25, -0.2) is 0 Å². The van der Waals surface area contributed by atoms with Gasteiger partial charge in [-0.3, -0.25) is 4.79 Å². The number of ether oxygens (including phenoxy) is 4. The number of carbonyl (C=O) groups excluding carboxylic acids is 1. The second-order valence-electron chi connectivity index (χ2n) is 5.36. The van der Waals surface area contributed by atoms with E-state index in [-0.39, 0.29) is 5.91 Å². The third-order valence-corrected chi connectivity index (χ3v) is 3.91. The minimum atomic E-state index is -0.316. The number of anilines is 1. The number of carbonyl (C=O) groups is 1. The maximum Gasteiger partial charge on any atom is 0.248 e. The third kappa shape index (κ3) is 5.31. The summed E-state index contributed by atoms with van der Waals surface area (Å²) in [4.78, 5) is 12.3. The molecule has 144 valence electrons. The number of benzene rings is 2. The van der Waals surface area contributed by atoms with Crippen LogP contribution in [0.5, 0.6) is 23.0 Å². The predicted molar refractivity (Wildman–Crippen MR) is 106 cm³/mol. The van der Waals surface area contributed by atoms with Crippen LogP contribution in [-0.2, 0) is 4.79 Å². The van der Waals surface area contributed by atoms with Crippen LogP contribution in [0.4, 0.5) is 5.69 Å². The van der Waals surface area contributed by atoms with Crippen LogP contribution in [0.15, 0.2) is 36.4 Å². The first kappa shape index (κ1) is 20.5. The Morgan fingerprint density at radius 1 is 1.07 bits per heavy atom. The molecule has 0 aliphatic heterocycles. The molecule has 0 atom stereocenters. The maximum atomic E-state index is 12.3. The standard InChI is InChI=1S/C20H22ClNO5/c1-5-27-18-11-13(10-15(21)20(18)26-4)6-9-19(23)22-16-8-7-14(24-2)12-17(16)25-3/h6-12H,5H2,1-4H3,(H,22,23). The van der Waals surface area contributed by atoms with Gasteiger partial charge in [0.25, 0.3) is 0 Å². The highest BCUT2D eigenvalue weighted by Crippen LogP contribution is 2.36. The van der Waals surface area contributed by atoms with Gasteiger partial charge < -0.3 is 24.3 Å². The van der Waals surface area contributed by atoms with E-state index in [4.69, 9.17) is 30.5 Å². The maximum absolute atomic E-state index is 12.3. The van der Waals surface area contributed by atoms with E-state index in [1.54, 1.807) is 43.5 Å². The highest BCUT2D eigenvalue weighted by molar-refractivity contribution is 6.32. The summed E-state index contributed by atoms with van der Waals surface area (Å²) in [6.07, 6.45) is 3.04. The topological polar surface area (TPSA) is 66.0 Å². The lowest BCUT2D eigenvalue weighted by atomic mass is 10.2. The van der Waals surface area contributed by atoms with Gasteiger partial charge in [0.15, 0.2) is 11.5 Å². The fourth-order valence-electron chi connectivity index (χ4n) is 2.39. The summed E-state index contributed by atoms with van der Waals surface area (Å²) in [7, 11) is 4.61. The van der Waals surface area contributed by atoms with Gasteiger partial charge in [0, 0.05) is 12.1 Å². The molecule has 0 saturated carbocycles. The minimum absolute atomic E-state index is 0.316. The summed E-state index contributed by atoms with van der Waals surface area (Å²) in [6, 6.07) is 8.59. The summed E-state index contributed by atoms with van der Waals surface area (Å²) in [6.45, 7) is 2.34. The zero-order chi connectivity index (χ0) is 19.8. The molecule has 0 heterocycles. The summed E-state index contributed by atoms with van der Waals surface area (Å²) in [5, 5.41) is 3.17. The molecule has 2 rings (SSSR count). The fourth-order valence-corrected chi connectivity index (χ4v) is 2.69. The van der Waals surface area contributed by atoms with Crippen molar-refractivity contribution in [3.63, 3.8) is 0 Å². The van der Waals surface area contributed by atoms with E-state index >= 15 is 0 Å². The lowest BCUT2D eigenvalue weighted by Crippen LogP contribution is -2.09. The Balaban J connectivity index is 2.17. The second-order valence-corrected chi connectivity index (χ2v) is 5.76. The molecule has 7 heteroatoms. The number of nitrogens with one attached hydrogen (secondary N) is 1. The van der Waals surface area contributed by atoms with Gasteiger partial charge in [0.1, 0.15) is 11.5 Å². The van der Waals surface area contributed by atoms with Gasteiger partial charge in [-0.15, -0.1) is 0 Å². The first-order chi connectivity index (χ1) is 13.0. The van der Waals surface area contributed by atoms with Crippen molar-refractivity contribution in [1.82, 2.24) is 0 Å². The molecule has 0 saturated heterocycles. The zero-order valence-electron chi connectivity index (χ0n) is 15.7. The highest BCUT2D eigenvalue weighted by Gasteiger charge is 2.11. The van der Waals surface area contributed by atoms with Gasteiger partial charge in [0.05, 0.1) is 38.6 Å². The molecule has 0 spiro atoms. The van der Waals surface area contributed by atoms with Crippen LogP contribution in [0, 0.1) is 0 Å². The Hall–Kier alpha value is -2.86. The summed E-state index contributed by atoms with van der Waals surface area (Å²) < 4.78 is 21.2. The molecule has 27 heavy (non-hydrogen) atoms. The quantitative estimate of drug-likeness (QED) is 0.675. The molecule has 0 aromatic heterocycles. The van der Waals surface area contributed by atoms with Gasteiger partial charge in [0.2, 0.25) is 5.91 Å². The summed E-state index contributed by atoms with van der Waals surface area (Å²) >= 11 is 6.22. The lowest BCUT2D eigenvalue weighted by molar-refractivity contribution is -0.111. The van der Waals surface area contributed by atoms with Crippen molar-refractivity contribution in [1.29, 1.82) is 0 Å². The van der Waals surface area contributed by atoms with Crippen molar-refractivity contribution in [2.45, 2.75) is 6.92 Å². The van der Waals surface area contributed by atoms with Crippen molar-refractivity contribution >= 4 is 29.3 Å². The highest BCUT2D eigenvalue weighted by atomic mass is 35.5. The number of halogens is 1. The molecule has 0 bridgehead atoms. The zero-order valence-corrected chi connectivity index (χ0v) is 16.4. The van der Waals surface area contributed by atoms with Crippen LogP contribution in [0.1, 0.15) is 12.5 Å². The Morgan fingerprint density at radius 2 is 1.85 bits per heavy atom. The molecule has 0 unspecified atom stereocenters. The van der Waals surface area contributed by atoms with E-state index in [0.717, 1.165) is 0 Å². The Labute approximate surface area is 163 Å². The van der Waals surface area contributed by atoms with Gasteiger partial charge >= 0.3 is 0 Å². The van der Waals surface area contributed by atoms with Crippen LogP contribution < -0.4 is 24.3 Å². The molecule has 6 nitrogen and oxygen atoms in total. The first-order valence-corrected chi connectivity index (χ1v) is 8.61. The van der Waals surface area contributed by atoms with Crippen molar-refractivity contribution in [2.75, 3.05) is 33.3 Å². The average Bonchev–Trinajstić information content (AvgIpc) is 2.67. The van der Waals surface area contributed by atoms with E-state index in [1.165, 1.54) is 20.3 Å². The average molecular weight is 392 g/mol. The SMILES string of the molecule is CCOc1cc(C=CC(=O)Nc2ccc(OC)cc2OC)cc(Cl)c1OC. The number of hydrogen-bond acceptors (Lipinski definition) is 5. The molecule has 2 aromatic rings.